The van der Waals surface area contributed by atoms with Crippen LogP contribution in [0.4, 0.5) is 0 Å². The minimum absolute atomic E-state index is 0.0837. The number of carbonyl (C=O) groups excluding carboxylic acids is 1. The summed E-state index contributed by atoms with van der Waals surface area (Å²) in [5.74, 6) is -0.0837. The molecule has 0 saturated carbocycles. The van der Waals surface area contributed by atoms with E-state index in [-0.39, 0.29) is 22.1 Å². The van der Waals surface area contributed by atoms with E-state index >= 15 is 0 Å². The van der Waals surface area contributed by atoms with E-state index in [1.165, 1.54) is 18.0 Å². The summed E-state index contributed by atoms with van der Waals surface area (Å²) >= 11 is 7.31. The minimum atomic E-state index is -3.22. The Morgan fingerprint density at radius 1 is 1.04 bits per heavy atom. The molecule has 2 aromatic rings. The number of rotatable bonds is 6. The SMILES string of the molecule is C[C@@H](Sc1ccc(Cl)cc1)C(=O)N[C@H](C)c1ccc(S(C)(=O)=O)cc1. The van der Waals surface area contributed by atoms with Crippen molar-refractivity contribution in [2.75, 3.05) is 6.26 Å². The Bertz CT molecular complexity index is 834. The first-order chi connectivity index (χ1) is 11.7. The van der Waals surface area contributed by atoms with Gasteiger partial charge in [-0.1, -0.05) is 23.7 Å². The molecule has 0 spiro atoms. The van der Waals surface area contributed by atoms with Gasteiger partial charge in [0, 0.05) is 16.2 Å². The summed E-state index contributed by atoms with van der Waals surface area (Å²) in [4.78, 5) is 13.6. The molecule has 0 aliphatic carbocycles. The van der Waals surface area contributed by atoms with Gasteiger partial charge in [-0.2, -0.15) is 0 Å². The normalized spacial score (nSPS) is 13.9. The fraction of sp³-hybridized carbons (Fsp3) is 0.278. The standard InChI is InChI=1S/C18H20ClNO3S2/c1-12(14-4-10-17(11-5-14)25(3,22)23)20-18(21)13(2)24-16-8-6-15(19)7-9-16/h4-13H,1-3H3,(H,20,21)/t12-,13-/m1/s1. The van der Waals surface area contributed by atoms with E-state index in [2.05, 4.69) is 5.32 Å². The van der Waals surface area contributed by atoms with Crippen LogP contribution in [0.25, 0.3) is 0 Å². The van der Waals surface area contributed by atoms with Crippen molar-refractivity contribution in [3.63, 3.8) is 0 Å². The van der Waals surface area contributed by atoms with E-state index in [9.17, 15) is 13.2 Å². The molecule has 1 amide bonds. The minimum Gasteiger partial charge on any atom is -0.349 e. The zero-order valence-electron chi connectivity index (χ0n) is 14.2. The first-order valence-electron chi connectivity index (χ1n) is 7.69. The van der Waals surface area contributed by atoms with Crippen molar-refractivity contribution in [2.24, 2.45) is 0 Å². The average Bonchev–Trinajstić information content (AvgIpc) is 2.56. The maximum absolute atomic E-state index is 12.4. The molecule has 0 bridgehead atoms. The zero-order valence-corrected chi connectivity index (χ0v) is 16.6. The van der Waals surface area contributed by atoms with Crippen LogP contribution in [-0.4, -0.2) is 25.8 Å². The highest BCUT2D eigenvalue weighted by atomic mass is 35.5. The second-order valence-corrected chi connectivity index (χ2v) is 9.65. The van der Waals surface area contributed by atoms with Crippen LogP contribution in [0.15, 0.2) is 58.3 Å². The Kier molecular flexibility index (Phi) is 6.54. The molecule has 0 fully saturated rings. The monoisotopic (exact) mass is 397 g/mol. The average molecular weight is 398 g/mol. The lowest BCUT2D eigenvalue weighted by Crippen LogP contribution is -2.33. The van der Waals surface area contributed by atoms with Crippen molar-refractivity contribution < 1.29 is 13.2 Å². The predicted molar refractivity (Wildman–Crippen MR) is 103 cm³/mol. The van der Waals surface area contributed by atoms with Crippen molar-refractivity contribution in [2.45, 2.75) is 34.9 Å². The largest absolute Gasteiger partial charge is 0.349 e. The fourth-order valence-corrected chi connectivity index (χ4v) is 3.82. The first-order valence-corrected chi connectivity index (χ1v) is 10.8. The van der Waals surface area contributed by atoms with Gasteiger partial charge in [-0.3, -0.25) is 4.79 Å². The van der Waals surface area contributed by atoms with Crippen molar-refractivity contribution in [3.8, 4) is 0 Å². The van der Waals surface area contributed by atoms with Gasteiger partial charge in [0.25, 0.3) is 0 Å². The number of amides is 1. The van der Waals surface area contributed by atoms with Gasteiger partial charge in [-0.25, -0.2) is 8.42 Å². The molecule has 0 aromatic heterocycles. The Morgan fingerprint density at radius 3 is 2.12 bits per heavy atom. The number of halogens is 1. The number of thioether (sulfide) groups is 1. The van der Waals surface area contributed by atoms with E-state index in [4.69, 9.17) is 11.6 Å². The molecule has 0 aliphatic heterocycles. The number of sulfone groups is 1. The second kappa shape index (κ2) is 8.25. The van der Waals surface area contributed by atoms with Gasteiger partial charge in [-0.05, 0) is 55.8 Å². The molecule has 0 heterocycles. The summed E-state index contributed by atoms with van der Waals surface area (Å²) in [6.07, 6.45) is 1.17. The van der Waals surface area contributed by atoms with Crippen LogP contribution in [0, 0.1) is 0 Å². The molecule has 0 aliphatic rings. The lowest BCUT2D eigenvalue weighted by molar-refractivity contribution is -0.120. The van der Waals surface area contributed by atoms with Crippen molar-refractivity contribution in [1.29, 1.82) is 0 Å². The summed E-state index contributed by atoms with van der Waals surface area (Å²) in [5, 5.41) is 3.35. The molecular formula is C18H20ClNO3S2. The van der Waals surface area contributed by atoms with Crippen LogP contribution in [0.3, 0.4) is 0 Å². The Labute approximate surface area is 157 Å². The van der Waals surface area contributed by atoms with E-state index < -0.39 is 9.84 Å². The highest BCUT2D eigenvalue weighted by molar-refractivity contribution is 8.00. The van der Waals surface area contributed by atoms with Gasteiger partial charge in [0.1, 0.15) is 0 Å². The van der Waals surface area contributed by atoms with Gasteiger partial charge < -0.3 is 5.32 Å². The van der Waals surface area contributed by atoms with Gasteiger partial charge in [-0.15, -0.1) is 11.8 Å². The van der Waals surface area contributed by atoms with Crippen LogP contribution < -0.4 is 5.32 Å². The molecule has 2 atom stereocenters. The zero-order chi connectivity index (χ0) is 18.6. The molecule has 0 unspecified atom stereocenters. The van der Waals surface area contributed by atoms with E-state index in [1.54, 1.807) is 36.4 Å². The predicted octanol–water partition coefficient (Wildman–Crippen LogP) is 4.10. The number of nitrogens with one attached hydrogen (secondary N) is 1. The molecular weight excluding hydrogens is 378 g/mol. The Hall–Kier alpha value is -1.50. The Morgan fingerprint density at radius 2 is 1.60 bits per heavy atom. The van der Waals surface area contributed by atoms with Gasteiger partial charge >= 0.3 is 0 Å². The summed E-state index contributed by atoms with van der Waals surface area (Å²) in [5.41, 5.74) is 0.851. The quantitative estimate of drug-likeness (QED) is 0.745. The molecule has 2 aromatic carbocycles. The third-order valence-electron chi connectivity index (χ3n) is 3.66. The smallest absolute Gasteiger partial charge is 0.233 e. The maximum atomic E-state index is 12.4. The summed E-state index contributed by atoms with van der Waals surface area (Å²) < 4.78 is 23.0. The van der Waals surface area contributed by atoms with Crippen molar-refractivity contribution >= 4 is 39.1 Å². The van der Waals surface area contributed by atoms with Crippen molar-refractivity contribution in [1.82, 2.24) is 5.32 Å². The summed E-state index contributed by atoms with van der Waals surface area (Å²) in [7, 11) is -3.22. The summed E-state index contributed by atoms with van der Waals surface area (Å²) in [6.45, 7) is 3.71. The van der Waals surface area contributed by atoms with Crippen LogP contribution >= 0.6 is 23.4 Å². The number of carbonyl (C=O) groups is 1. The van der Waals surface area contributed by atoms with Gasteiger partial charge in [0.2, 0.25) is 5.91 Å². The number of hydrogen-bond acceptors (Lipinski definition) is 4. The van der Waals surface area contributed by atoms with Crippen LogP contribution in [0.5, 0.6) is 0 Å². The van der Waals surface area contributed by atoms with Gasteiger partial charge in [0.15, 0.2) is 9.84 Å². The second-order valence-electron chi connectivity index (χ2n) is 5.79. The molecule has 134 valence electrons. The molecule has 0 radical (unpaired) electrons. The molecule has 25 heavy (non-hydrogen) atoms. The first kappa shape index (κ1) is 19.8. The lowest BCUT2D eigenvalue weighted by Gasteiger charge is -2.18. The van der Waals surface area contributed by atoms with E-state index in [0.717, 1.165) is 10.5 Å². The fourth-order valence-electron chi connectivity index (χ4n) is 2.19. The number of benzene rings is 2. The molecule has 7 heteroatoms. The molecule has 0 saturated heterocycles. The molecule has 2 rings (SSSR count). The highest BCUT2D eigenvalue weighted by Crippen LogP contribution is 2.25. The van der Waals surface area contributed by atoms with Gasteiger partial charge in [0.05, 0.1) is 16.2 Å². The van der Waals surface area contributed by atoms with E-state index in [0.29, 0.717) is 5.02 Å². The van der Waals surface area contributed by atoms with Crippen LogP contribution in [0.1, 0.15) is 25.5 Å². The van der Waals surface area contributed by atoms with E-state index in [1.807, 2.05) is 26.0 Å². The van der Waals surface area contributed by atoms with Crippen LogP contribution in [0.2, 0.25) is 5.02 Å². The lowest BCUT2D eigenvalue weighted by atomic mass is 10.1. The maximum Gasteiger partial charge on any atom is 0.233 e. The van der Waals surface area contributed by atoms with Crippen LogP contribution in [-0.2, 0) is 14.6 Å². The third-order valence-corrected chi connectivity index (χ3v) is 6.16. The topological polar surface area (TPSA) is 63.2 Å². The molecule has 1 N–H and O–H groups in total. The molecule has 4 nitrogen and oxygen atoms in total. The highest BCUT2D eigenvalue weighted by Gasteiger charge is 2.18. The Balaban J connectivity index is 1.97. The summed E-state index contributed by atoms with van der Waals surface area (Å²) in [6, 6.07) is 13.7. The van der Waals surface area contributed by atoms with Crippen molar-refractivity contribution in [3.05, 3.63) is 59.1 Å². The third kappa shape index (κ3) is 5.76. The number of hydrogen-bond donors (Lipinski definition) is 1.